The van der Waals surface area contributed by atoms with Gasteiger partial charge in [0.05, 0.1) is 6.54 Å². The zero-order valence-electron chi connectivity index (χ0n) is 7.70. The minimum Gasteiger partial charge on any atom is -0.370 e. The Balaban J connectivity index is 2.26. The fourth-order valence-electron chi connectivity index (χ4n) is 1.45. The van der Waals surface area contributed by atoms with Gasteiger partial charge in [0.15, 0.2) is 5.96 Å². The van der Waals surface area contributed by atoms with Gasteiger partial charge in [-0.05, 0) is 19.1 Å². The largest absolute Gasteiger partial charge is 0.370 e. The van der Waals surface area contributed by atoms with Crippen molar-refractivity contribution in [1.82, 2.24) is 0 Å². The number of aryl methyl sites for hydroxylation is 1. The van der Waals surface area contributed by atoms with E-state index in [2.05, 4.69) is 36.2 Å². The van der Waals surface area contributed by atoms with Crippen LogP contribution >= 0.6 is 0 Å². The van der Waals surface area contributed by atoms with Crippen molar-refractivity contribution < 1.29 is 0 Å². The maximum Gasteiger partial charge on any atom is 0.195 e. The number of nitrogens with zero attached hydrogens (tertiary/aromatic N) is 2. The van der Waals surface area contributed by atoms with Crippen LogP contribution in [0, 0.1) is 6.92 Å². The molecule has 0 unspecified atom stereocenters. The van der Waals surface area contributed by atoms with Gasteiger partial charge in [-0.25, -0.2) is 0 Å². The molecule has 0 saturated heterocycles. The predicted molar refractivity (Wildman–Crippen MR) is 55.0 cm³/mol. The summed E-state index contributed by atoms with van der Waals surface area (Å²) < 4.78 is 0. The Hall–Kier alpha value is -1.51. The minimum atomic E-state index is 0.629. The normalized spacial score (nSPS) is 16.1. The molecule has 1 aliphatic heterocycles. The molecule has 0 spiro atoms. The fourth-order valence-corrected chi connectivity index (χ4v) is 1.45. The first kappa shape index (κ1) is 8.10. The third-order valence-electron chi connectivity index (χ3n) is 2.22. The number of benzene rings is 1. The quantitative estimate of drug-likeness (QED) is 0.695. The average Bonchev–Trinajstić information content (AvgIpc) is 2.53. The van der Waals surface area contributed by atoms with E-state index in [0.717, 1.165) is 18.8 Å². The molecule has 0 radical (unpaired) electrons. The van der Waals surface area contributed by atoms with Crippen LogP contribution in [0.25, 0.3) is 0 Å². The molecular formula is C10H13N3. The van der Waals surface area contributed by atoms with E-state index in [1.165, 1.54) is 5.56 Å². The Morgan fingerprint density at radius 2 is 2.00 bits per heavy atom. The van der Waals surface area contributed by atoms with Crippen molar-refractivity contribution in [3.8, 4) is 0 Å². The first-order valence-corrected chi connectivity index (χ1v) is 4.41. The fraction of sp³-hybridized carbons (Fsp3) is 0.300. The summed E-state index contributed by atoms with van der Waals surface area (Å²) in [6.45, 7) is 3.78. The molecule has 0 saturated carbocycles. The number of nitrogens with two attached hydrogens (primary N) is 1. The Kier molecular flexibility index (Phi) is 1.93. The van der Waals surface area contributed by atoms with Crippen LogP contribution in [0.3, 0.4) is 0 Å². The molecule has 0 amide bonds. The van der Waals surface area contributed by atoms with Crippen molar-refractivity contribution >= 4 is 11.6 Å². The predicted octanol–water partition coefficient (Wildman–Crippen LogP) is 1.13. The second kappa shape index (κ2) is 3.09. The summed E-state index contributed by atoms with van der Waals surface area (Å²) in [7, 11) is 0. The minimum absolute atomic E-state index is 0.629. The molecule has 0 atom stereocenters. The SMILES string of the molecule is Cc1ccc(N2CCN=C2N)cc1. The van der Waals surface area contributed by atoms with Crippen molar-refractivity contribution in [2.24, 2.45) is 10.7 Å². The van der Waals surface area contributed by atoms with Gasteiger partial charge in [0.1, 0.15) is 0 Å². The molecular weight excluding hydrogens is 162 g/mol. The maximum absolute atomic E-state index is 5.72. The van der Waals surface area contributed by atoms with E-state index < -0.39 is 0 Å². The van der Waals surface area contributed by atoms with Crippen LogP contribution in [-0.4, -0.2) is 19.0 Å². The molecule has 3 nitrogen and oxygen atoms in total. The van der Waals surface area contributed by atoms with Gasteiger partial charge in [0, 0.05) is 12.2 Å². The Morgan fingerprint density at radius 3 is 2.54 bits per heavy atom. The van der Waals surface area contributed by atoms with Crippen LogP contribution in [0.4, 0.5) is 5.69 Å². The molecule has 0 bridgehead atoms. The summed E-state index contributed by atoms with van der Waals surface area (Å²) in [5, 5.41) is 0. The summed E-state index contributed by atoms with van der Waals surface area (Å²) in [5.41, 5.74) is 8.12. The summed E-state index contributed by atoms with van der Waals surface area (Å²) in [5.74, 6) is 0.629. The Bertz CT molecular complexity index is 327. The lowest BCUT2D eigenvalue weighted by molar-refractivity contribution is 1.02. The zero-order chi connectivity index (χ0) is 9.26. The smallest absolute Gasteiger partial charge is 0.195 e. The van der Waals surface area contributed by atoms with Gasteiger partial charge in [-0.3, -0.25) is 4.99 Å². The first-order chi connectivity index (χ1) is 6.27. The van der Waals surface area contributed by atoms with Crippen LogP contribution in [0.1, 0.15) is 5.56 Å². The van der Waals surface area contributed by atoms with Gasteiger partial charge < -0.3 is 10.6 Å². The van der Waals surface area contributed by atoms with Crippen LogP contribution < -0.4 is 10.6 Å². The second-order valence-electron chi connectivity index (χ2n) is 3.23. The highest BCUT2D eigenvalue weighted by Crippen LogP contribution is 2.16. The Labute approximate surface area is 77.9 Å². The first-order valence-electron chi connectivity index (χ1n) is 4.41. The number of guanidine groups is 1. The van der Waals surface area contributed by atoms with E-state index in [1.54, 1.807) is 0 Å². The summed E-state index contributed by atoms with van der Waals surface area (Å²) in [6.07, 6.45) is 0. The molecule has 1 heterocycles. The number of hydrogen-bond acceptors (Lipinski definition) is 3. The van der Waals surface area contributed by atoms with E-state index in [1.807, 2.05) is 4.90 Å². The van der Waals surface area contributed by atoms with Crippen LogP contribution in [0.2, 0.25) is 0 Å². The maximum atomic E-state index is 5.72. The molecule has 0 aromatic heterocycles. The number of hydrogen-bond donors (Lipinski definition) is 1. The van der Waals surface area contributed by atoms with E-state index in [4.69, 9.17) is 5.73 Å². The average molecular weight is 175 g/mol. The van der Waals surface area contributed by atoms with E-state index in [9.17, 15) is 0 Å². The second-order valence-corrected chi connectivity index (χ2v) is 3.23. The summed E-state index contributed by atoms with van der Waals surface area (Å²) in [6, 6.07) is 8.31. The number of rotatable bonds is 1. The van der Waals surface area contributed by atoms with Gasteiger partial charge in [-0.1, -0.05) is 17.7 Å². The molecule has 1 aliphatic rings. The topological polar surface area (TPSA) is 41.6 Å². The summed E-state index contributed by atoms with van der Waals surface area (Å²) in [4.78, 5) is 6.16. The van der Waals surface area contributed by atoms with Gasteiger partial charge >= 0.3 is 0 Å². The van der Waals surface area contributed by atoms with Gasteiger partial charge in [-0.2, -0.15) is 0 Å². The van der Waals surface area contributed by atoms with Crippen LogP contribution in [0.15, 0.2) is 29.3 Å². The standard InChI is InChI=1S/C10H13N3/c1-8-2-4-9(5-3-8)13-7-6-12-10(13)11/h2-5H,6-7H2,1H3,(H2,11,12). The lowest BCUT2D eigenvalue weighted by atomic mass is 10.2. The van der Waals surface area contributed by atoms with Gasteiger partial charge in [0.2, 0.25) is 0 Å². The third kappa shape index (κ3) is 1.49. The molecule has 1 aromatic rings. The third-order valence-corrected chi connectivity index (χ3v) is 2.22. The zero-order valence-corrected chi connectivity index (χ0v) is 7.70. The van der Waals surface area contributed by atoms with Crippen molar-refractivity contribution in [3.63, 3.8) is 0 Å². The highest BCUT2D eigenvalue weighted by atomic mass is 15.3. The van der Waals surface area contributed by atoms with Crippen LogP contribution in [-0.2, 0) is 0 Å². The molecule has 1 aromatic carbocycles. The van der Waals surface area contributed by atoms with E-state index >= 15 is 0 Å². The molecule has 0 aliphatic carbocycles. The monoisotopic (exact) mass is 175 g/mol. The van der Waals surface area contributed by atoms with Crippen molar-refractivity contribution in [3.05, 3.63) is 29.8 Å². The molecule has 2 N–H and O–H groups in total. The molecule has 0 fully saturated rings. The number of aliphatic imine (C=N–C) groups is 1. The van der Waals surface area contributed by atoms with Crippen LogP contribution in [0.5, 0.6) is 0 Å². The molecule has 3 heteroatoms. The highest BCUT2D eigenvalue weighted by molar-refractivity contribution is 5.96. The lowest BCUT2D eigenvalue weighted by Gasteiger charge is -2.17. The molecule has 68 valence electrons. The van der Waals surface area contributed by atoms with Gasteiger partial charge in [-0.15, -0.1) is 0 Å². The Morgan fingerprint density at radius 1 is 1.31 bits per heavy atom. The van der Waals surface area contributed by atoms with E-state index in [-0.39, 0.29) is 0 Å². The van der Waals surface area contributed by atoms with E-state index in [0.29, 0.717) is 5.96 Å². The molecule has 2 rings (SSSR count). The van der Waals surface area contributed by atoms with Crippen molar-refractivity contribution in [1.29, 1.82) is 0 Å². The van der Waals surface area contributed by atoms with Gasteiger partial charge in [0.25, 0.3) is 0 Å². The molecule has 13 heavy (non-hydrogen) atoms. The lowest BCUT2D eigenvalue weighted by Crippen LogP contribution is -2.33. The summed E-state index contributed by atoms with van der Waals surface area (Å²) >= 11 is 0. The van der Waals surface area contributed by atoms with Crippen molar-refractivity contribution in [2.75, 3.05) is 18.0 Å². The van der Waals surface area contributed by atoms with Crippen molar-refractivity contribution in [2.45, 2.75) is 6.92 Å². The highest BCUT2D eigenvalue weighted by Gasteiger charge is 2.14. The number of anilines is 1.